The zero-order valence-corrected chi connectivity index (χ0v) is 14.4. The fraction of sp³-hybridized carbons (Fsp3) is 0.412. The Bertz CT molecular complexity index is 606. The quantitative estimate of drug-likeness (QED) is 0.434. The molecule has 0 aliphatic rings. The molecule has 124 valence electrons. The highest BCUT2D eigenvalue weighted by atomic mass is 35.5. The second kappa shape index (κ2) is 9.88. The molecule has 0 aliphatic heterocycles. The lowest BCUT2D eigenvalue weighted by atomic mass is 10.2. The van der Waals surface area contributed by atoms with Crippen molar-refractivity contribution in [2.75, 3.05) is 18.5 Å². The molecule has 1 rings (SSSR count). The molecule has 1 aromatic rings. The first-order valence-corrected chi connectivity index (χ1v) is 7.85. The van der Waals surface area contributed by atoms with Crippen molar-refractivity contribution in [1.82, 2.24) is 5.32 Å². The first kappa shape index (κ1) is 19.0. The number of nitrogens with zero attached hydrogens (tertiary/aromatic N) is 1. The number of hydrogen-bond acceptors (Lipinski definition) is 4. The number of carbonyl (C=O) groups is 1. The molecule has 23 heavy (non-hydrogen) atoms. The predicted molar refractivity (Wildman–Crippen MR) is 92.2 cm³/mol. The van der Waals surface area contributed by atoms with E-state index in [9.17, 15) is 4.79 Å². The molecule has 0 spiro atoms. The SMILES string of the molecule is Cc1c(Cl)cccc1NC(=O)/C(C#N)=C\NCCCOC(C)C. The van der Waals surface area contributed by atoms with E-state index in [4.69, 9.17) is 21.6 Å². The van der Waals surface area contributed by atoms with Crippen molar-refractivity contribution in [3.05, 3.63) is 40.6 Å². The van der Waals surface area contributed by atoms with Gasteiger partial charge in [0.1, 0.15) is 11.6 Å². The van der Waals surface area contributed by atoms with E-state index in [1.807, 2.05) is 19.9 Å². The highest BCUT2D eigenvalue weighted by Gasteiger charge is 2.11. The maximum absolute atomic E-state index is 12.1. The maximum atomic E-state index is 12.1. The molecule has 0 unspecified atom stereocenters. The van der Waals surface area contributed by atoms with Gasteiger partial charge in [-0.15, -0.1) is 0 Å². The Balaban J connectivity index is 2.53. The van der Waals surface area contributed by atoms with Crippen LogP contribution in [0.5, 0.6) is 0 Å². The fourth-order valence-corrected chi connectivity index (χ4v) is 1.92. The van der Waals surface area contributed by atoms with Gasteiger partial charge >= 0.3 is 0 Å². The van der Waals surface area contributed by atoms with Crippen molar-refractivity contribution in [2.45, 2.75) is 33.3 Å². The molecule has 6 heteroatoms. The van der Waals surface area contributed by atoms with E-state index in [0.717, 1.165) is 12.0 Å². The standard InChI is InChI=1S/C17H22ClN3O2/c1-12(2)23-9-5-8-20-11-14(10-19)17(22)21-16-7-4-6-15(18)13(16)3/h4,6-7,11-12,20H,5,8-9H2,1-3H3,(H,21,22)/b14-11-. The van der Waals surface area contributed by atoms with E-state index in [1.54, 1.807) is 25.1 Å². The molecular weight excluding hydrogens is 314 g/mol. The van der Waals surface area contributed by atoms with Crippen molar-refractivity contribution >= 4 is 23.2 Å². The Kier molecular flexibility index (Phi) is 8.17. The van der Waals surface area contributed by atoms with E-state index in [-0.39, 0.29) is 11.7 Å². The average molecular weight is 336 g/mol. The van der Waals surface area contributed by atoms with Crippen molar-refractivity contribution in [2.24, 2.45) is 0 Å². The summed E-state index contributed by atoms with van der Waals surface area (Å²) in [7, 11) is 0. The second-order valence-electron chi connectivity index (χ2n) is 5.26. The predicted octanol–water partition coefficient (Wildman–Crippen LogP) is 3.40. The highest BCUT2D eigenvalue weighted by Crippen LogP contribution is 2.23. The Morgan fingerprint density at radius 1 is 1.48 bits per heavy atom. The van der Waals surface area contributed by atoms with Crippen LogP contribution < -0.4 is 10.6 Å². The molecule has 0 atom stereocenters. The van der Waals surface area contributed by atoms with Crippen LogP contribution in [0.1, 0.15) is 25.8 Å². The summed E-state index contributed by atoms with van der Waals surface area (Å²) in [6.45, 7) is 7.02. The minimum Gasteiger partial charge on any atom is -0.390 e. The van der Waals surface area contributed by atoms with Gasteiger partial charge in [-0.05, 0) is 44.9 Å². The van der Waals surface area contributed by atoms with Gasteiger partial charge in [-0.3, -0.25) is 4.79 Å². The van der Waals surface area contributed by atoms with Gasteiger partial charge in [-0.25, -0.2) is 0 Å². The van der Waals surface area contributed by atoms with Crippen molar-refractivity contribution in [3.8, 4) is 6.07 Å². The lowest BCUT2D eigenvalue weighted by Crippen LogP contribution is -2.18. The Hall–Kier alpha value is -2.03. The number of nitriles is 1. The molecule has 2 N–H and O–H groups in total. The van der Waals surface area contributed by atoms with Gasteiger partial charge in [0.05, 0.1) is 6.10 Å². The lowest BCUT2D eigenvalue weighted by Gasteiger charge is -2.09. The third kappa shape index (κ3) is 6.72. The largest absolute Gasteiger partial charge is 0.390 e. The van der Waals surface area contributed by atoms with Crippen LogP contribution in [0.4, 0.5) is 5.69 Å². The first-order valence-electron chi connectivity index (χ1n) is 7.47. The molecule has 5 nitrogen and oxygen atoms in total. The van der Waals surface area contributed by atoms with Crippen LogP contribution in [0.2, 0.25) is 5.02 Å². The maximum Gasteiger partial charge on any atom is 0.267 e. The third-order valence-corrected chi connectivity index (χ3v) is 3.45. The number of ether oxygens (including phenoxy) is 1. The Morgan fingerprint density at radius 3 is 2.87 bits per heavy atom. The molecule has 0 fully saturated rings. The zero-order valence-electron chi connectivity index (χ0n) is 13.6. The molecule has 0 aliphatic carbocycles. The number of anilines is 1. The number of carbonyl (C=O) groups excluding carboxylic acids is 1. The summed E-state index contributed by atoms with van der Waals surface area (Å²) in [6, 6.07) is 7.12. The number of benzene rings is 1. The van der Waals surface area contributed by atoms with Gasteiger partial charge in [0.15, 0.2) is 0 Å². The molecule has 0 radical (unpaired) electrons. The van der Waals surface area contributed by atoms with E-state index in [0.29, 0.717) is 23.9 Å². The summed E-state index contributed by atoms with van der Waals surface area (Å²) < 4.78 is 5.41. The van der Waals surface area contributed by atoms with Crippen LogP contribution in [-0.4, -0.2) is 25.2 Å². The smallest absolute Gasteiger partial charge is 0.267 e. The average Bonchev–Trinajstić information content (AvgIpc) is 2.50. The molecular formula is C17H22ClN3O2. The van der Waals surface area contributed by atoms with Crippen LogP contribution in [-0.2, 0) is 9.53 Å². The number of halogens is 1. The van der Waals surface area contributed by atoms with Crippen LogP contribution in [0.25, 0.3) is 0 Å². The highest BCUT2D eigenvalue weighted by molar-refractivity contribution is 6.31. The molecule has 1 aromatic carbocycles. The molecule has 1 amide bonds. The van der Waals surface area contributed by atoms with Gasteiger partial charge in [-0.1, -0.05) is 17.7 Å². The van der Waals surface area contributed by atoms with Crippen molar-refractivity contribution in [1.29, 1.82) is 5.26 Å². The van der Waals surface area contributed by atoms with E-state index >= 15 is 0 Å². The van der Waals surface area contributed by atoms with Crippen LogP contribution in [0, 0.1) is 18.3 Å². The molecule has 0 aromatic heterocycles. The fourth-order valence-electron chi connectivity index (χ4n) is 1.75. The summed E-state index contributed by atoms with van der Waals surface area (Å²) in [4.78, 5) is 12.1. The van der Waals surface area contributed by atoms with E-state index < -0.39 is 5.91 Å². The van der Waals surface area contributed by atoms with Crippen molar-refractivity contribution < 1.29 is 9.53 Å². The summed E-state index contributed by atoms with van der Waals surface area (Å²) in [5.41, 5.74) is 1.36. The van der Waals surface area contributed by atoms with Gasteiger partial charge in [0.25, 0.3) is 5.91 Å². The summed E-state index contributed by atoms with van der Waals surface area (Å²) >= 11 is 6.01. The molecule has 0 saturated heterocycles. The summed E-state index contributed by atoms with van der Waals surface area (Å²) in [6.07, 6.45) is 2.42. The van der Waals surface area contributed by atoms with Crippen LogP contribution in [0.15, 0.2) is 30.0 Å². The number of hydrogen-bond donors (Lipinski definition) is 2. The van der Waals surface area contributed by atoms with E-state index in [1.165, 1.54) is 6.20 Å². The van der Waals surface area contributed by atoms with E-state index in [2.05, 4.69) is 10.6 Å². The first-order chi connectivity index (χ1) is 11.0. The minimum absolute atomic E-state index is 0.00848. The van der Waals surface area contributed by atoms with Gasteiger partial charge in [-0.2, -0.15) is 5.26 Å². The summed E-state index contributed by atoms with van der Waals surface area (Å²) in [5.74, 6) is -0.469. The van der Waals surface area contributed by atoms with Crippen molar-refractivity contribution in [3.63, 3.8) is 0 Å². The molecule has 0 saturated carbocycles. The van der Waals surface area contributed by atoms with Gasteiger partial charge in [0.2, 0.25) is 0 Å². The minimum atomic E-state index is -0.469. The molecule has 0 bridgehead atoms. The number of nitrogens with one attached hydrogen (secondary N) is 2. The topological polar surface area (TPSA) is 74.2 Å². The van der Waals surface area contributed by atoms with Gasteiger partial charge < -0.3 is 15.4 Å². The Labute approximate surface area is 142 Å². The number of rotatable bonds is 8. The van der Waals surface area contributed by atoms with Gasteiger partial charge in [0, 0.05) is 30.1 Å². The monoisotopic (exact) mass is 335 g/mol. The lowest BCUT2D eigenvalue weighted by molar-refractivity contribution is -0.112. The third-order valence-electron chi connectivity index (χ3n) is 3.04. The van der Waals surface area contributed by atoms with Crippen LogP contribution >= 0.6 is 11.6 Å². The summed E-state index contributed by atoms with van der Waals surface area (Å²) in [5, 5.41) is 15.3. The second-order valence-corrected chi connectivity index (χ2v) is 5.67. The zero-order chi connectivity index (χ0) is 17.2. The normalized spacial score (nSPS) is 11.2. The molecule has 0 heterocycles. The number of amides is 1. The van der Waals surface area contributed by atoms with Crippen LogP contribution in [0.3, 0.4) is 0 Å². The Morgan fingerprint density at radius 2 is 2.22 bits per heavy atom.